The van der Waals surface area contributed by atoms with E-state index in [0.29, 0.717) is 23.0 Å². The minimum atomic E-state index is 0.0213. The Balaban J connectivity index is 2.12. The molecule has 1 aromatic heterocycles. The van der Waals surface area contributed by atoms with Gasteiger partial charge in [0, 0.05) is 21.3 Å². The predicted octanol–water partition coefficient (Wildman–Crippen LogP) is 5.09. The van der Waals surface area contributed by atoms with Gasteiger partial charge in [0.25, 0.3) is 0 Å². The molecule has 0 fully saturated rings. The molecule has 0 aliphatic carbocycles. The van der Waals surface area contributed by atoms with Crippen LogP contribution in [0.1, 0.15) is 48.8 Å². The number of nitrogens with zero attached hydrogens (tertiary/aromatic N) is 2. The van der Waals surface area contributed by atoms with Crippen molar-refractivity contribution in [1.82, 2.24) is 9.78 Å². The number of rotatable bonds is 6. The Hall–Kier alpha value is -1.13. The van der Waals surface area contributed by atoms with E-state index in [1.54, 1.807) is 18.2 Å². The molecule has 1 heterocycles. The zero-order valence-electron chi connectivity index (χ0n) is 12.1. The van der Waals surface area contributed by atoms with Crippen LogP contribution in [-0.2, 0) is 6.42 Å². The Kier molecular flexibility index (Phi) is 5.59. The lowest BCUT2D eigenvalue weighted by atomic mass is 10.1. The summed E-state index contributed by atoms with van der Waals surface area (Å²) in [6.45, 7) is 4.29. The fraction of sp³-hybridized carbons (Fsp3) is 0.375. The fourth-order valence-electron chi connectivity index (χ4n) is 2.32. The van der Waals surface area contributed by atoms with Gasteiger partial charge in [0.1, 0.15) is 0 Å². The summed E-state index contributed by atoms with van der Waals surface area (Å²) in [5, 5.41) is 5.06. The lowest BCUT2D eigenvalue weighted by molar-refractivity contribution is 0.0991. The van der Waals surface area contributed by atoms with Crippen molar-refractivity contribution in [3.05, 3.63) is 51.2 Å². The van der Waals surface area contributed by atoms with Crippen LogP contribution in [0.15, 0.2) is 34.9 Å². The second-order valence-electron chi connectivity index (χ2n) is 5.02. The Morgan fingerprint density at radius 1 is 1.33 bits per heavy atom. The average Bonchev–Trinajstić information content (AvgIpc) is 2.87. The van der Waals surface area contributed by atoms with E-state index in [-0.39, 0.29) is 5.78 Å². The number of carbonyl (C=O) groups is 1. The molecule has 0 bridgehead atoms. The molecule has 0 N–H and O–H groups in total. The molecule has 0 amide bonds. The Morgan fingerprint density at radius 2 is 2.05 bits per heavy atom. The van der Waals surface area contributed by atoms with Crippen molar-refractivity contribution in [1.29, 1.82) is 0 Å². The molecule has 5 heteroatoms. The van der Waals surface area contributed by atoms with Crippen molar-refractivity contribution in [2.24, 2.45) is 0 Å². The first-order chi connectivity index (χ1) is 10.0. The van der Waals surface area contributed by atoms with Crippen molar-refractivity contribution < 1.29 is 4.79 Å². The standard InChI is InChI=1S/C16H18BrClN2O/c1-3-15(4-2)20-6-5-14(19-20)10-16(21)11-7-12(17)9-13(18)8-11/h5-9,15H,3-4,10H2,1-2H3. The highest BCUT2D eigenvalue weighted by Gasteiger charge is 2.13. The third-order valence-corrected chi connectivity index (χ3v) is 4.18. The lowest BCUT2D eigenvalue weighted by Gasteiger charge is -2.12. The molecular formula is C16H18BrClN2O. The first-order valence-corrected chi connectivity index (χ1v) is 8.23. The summed E-state index contributed by atoms with van der Waals surface area (Å²) in [4.78, 5) is 12.3. The first kappa shape index (κ1) is 16.2. The van der Waals surface area contributed by atoms with Crippen molar-refractivity contribution in [2.75, 3.05) is 0 Å². The van der Waals surface area contributed by atoms with E-state index in [1.165, 1.54) is 0 Å². The highest BCUT2D eigenvalue weighted by Crippen LogP contribution is 2.21. The molecule has 0 unspecified atom stereocenters. The number of halogens is 2. The van der Waals surface area contributed by atoms with E-state index in [0.717, 1.165) is 23.0 Å². The topological polar surface area (TPSA) is 34.9 Å². The highest BCUT2D eigenvalue weighted by atomic mass is 79.9. The van der Waals surface area contributed by atoms with Crippen molar-refractivity contribution in [2.45, 2.75) is 39.2 Å². The SMILES string of the molecule is CCC(CC)n1ccc(CC(=O)c2cc(Cl)cc(Br)c2)n1. The van der Waals surface area contributed by atoms with Crippen molar-refractivity contribution in [3.8, 4) is 0 Å². The van der Waals surface area contributed by atoms with Crippen LogP contribution in [-0.4, -0.2) is 15.6 Å². The van der Waals surface area contributed by atoms with Gasteiger partial charge < -0.3 is 0 Å². The van der Waals surface area contributed by atoms with Gasteiger partial charge in [-0.1, -0.05) is 41.4 Å². The van der Waals surface area contributed by atoms with E-state index >= 15 is 0 Å². The summed E-state index contributed by atoms with van der Waals surface area (Å²) in [7, 11) is 0. The molecule has 1 aromatic carbocycles. The van der Waals surface area contributed by atoms with Gasteiger partial charge >= 0.3 is 0 Å². The highest BCUT2D eigenvalue weighted by molar-refractivity contribution is 9.10. The van der Waals surface area contributed by atoms with Crippen LogP contribution in [0.2, 0.25) is 5.02 Å². The van der Waals surface area contributed by atoms with E-state index in [2.05, 4.69) is 34.9 Å². The smallest absolute Gasteiger partial charge is 0.168 e. The van der Waals surface area contributed by atoms with E-state index in [9.17, 15) is 4.79 Å². The molecule has 21 heavy (non-hydrogen) atoms. The maximum Gasteiger partial charge on any atom is 0.168 e. The van der Waals surface area contributed by atoms with Gasteiger partial charge in [-0.15, -0.1) is 0 Å². The zero-order valence-corrected chi connectivity index (χ0v) is 14.5. The second-order valence-corrected chi connectivity index (χ2v) is 6.37. The van der Waals surface area contributed by atoms with Crippen LogP contribution in [0.25, 0.3) is 0 Å². The average molecular weight is 370 g/mol. The van der Waals surface area contributed by atoms with Gasteiger partial charge in [-0.05, 0) is 37.1 Å². The van der Waals surface area contributed by atoms with Crippen LogP contribution in [0.4, 0.5) is 0 Å². The number of hydrogen-bond acceptors (Lipinski definition) is 2. The second kappa shape index (κ2) is 7.23. The summed E-state index contributed by atoms with van der Waals surface area (Å²) in [6, 6.07) is 7.54. The van der Waals surface area contributed by atoms with E-state index in [1.807, 2.05) is 16.9 Å². The van der Waals surface area contributed by atoms with Gasteiger partial charge in [-0.3, -0.25) is 9.48 Å². The van der Waals surface area contributed by atoms with Gasteiger partial charge in [-0.25, -0.2) is 0 Å². The minimum absolute atomic E-state index is 0.0213. The summed E-state index contributed by atoms with van der Waals surface area (Å²) in [5.74, 6) is 0.0213. The summed E-state index contributed by atoms with van der Waals surface area (Å²) >= 11 is 9.33. The van der Waals surface area contributed by atoms with Crippen LogP contribution in [0.3, 0.4) is 0 Å². The monoisotopic (exact) mass is 368 g/mol. The summed E-state index contributed by atoms with van der Waals surface area (Å²) < 4.78 is 2.76. The number of aromatic nitrogens is 2. The van der Waals surface area contributed by atoms with Crippen molar-refractivity contribution >= 4 is 33.3 Å². The molecule has 112 valence electrons. The fourth-order valence-corrected chi connectivity index (χ4v) is 3.18. The van der Waals surface area contributed by atoms with Gasteiger partial charge in [0.2, 0.25) is 0 Å². The van der Waals surface area contributed by atoms with Gasteiger partial charge in [0.15, 0.2) is 5.78 Å². The molecule has 3 nitrogen and oxygen atoms in total. The van der Waals surface area contributed by atoms with Gasteiger partial charge in [0.05, 0.1) is 18.2 Å². The van der Waals surface area contributed by atoms with E-state index < -0.39 is 0 Å². The predicted molar refractivity (Wildman–Crippen MR) is 89.0 cm³/mol. The third-order valence-electron chi connectivity index (χ3n) is 3.51. The van der Waals surface area contributed by atoms with Crippen LogP contribution >= 0.6 is 27.5 Å². The maximum absolute atomic E-state index is 12.3. The third kappa shape index (κ3) is 4.17. The van der Waals surface area contributed by atoms with E-state index in [4.69, 9.17) is 11.6 Å². The summed E-state index contributed by atoms with van der Waals surface area (Å²) in [5.41, 5.74) is 1.40. The molecule has 0 saturated heterocycles. The van der Waals surface area contributed by atoms with Crippen LogP contribution in [0.5, 0.6) is 0 Å². The number of hydrogen-bond donors (Lipinski definition) is 0. The largest absolute Gasteiger partial charge is 0.294 e. The molecule has 2 aromatic rings. The Labute approximate surface area is 138 Å². The zero-order chi connectivity index (χ0) is 15.4. The molecule has 0 saturated carbocycles. The molecule has 2 rings (SSSR count). The van der Waals surface area contributed by atoms with Crippen molar-refractivity contribution in [3.63, 3.8) is 0 Å². The van der Waals surface area contributed by atoms with Crippen LogP contribution in [0, 0.1) is 0 Å². The number of carbonyl (C=O) groups excluding carboxylic acids is 1. The normalized spacial score (nSPS) is 11.1. The molecule has 0 aliphatic rings. The molecular weight excluding hydrogens is 352 g/mol. The minimum Gasteiger partial charge on any atom is -0.294 e. The first-order valence-electron chi connectivity index (χ1n) is 7.06. The number of benzene rings is 1. The Bertz CT molecular complexity index is 615. The van der Waals surface area contributed by atoms with Crippen LogP contribution < -0.4 is 0 Å². The number of ketones is 1. The Morgan fingerprint density at radius 3 is 2.67 bits per heavy atom. The molecule has 0 spiro atoms. The lowest BCUT2D eigenvalue weighted by Crippen LogP contribution is -2.09. The molecule has 0 radical (unpaired) electrons. The number of Topliss-reactive ketones (excluding diaryl/α,β-unsaturated/α-hetero) is 1. The van der Waals surface area contributed by atoms with Gasteiger partial charge in [-0.2, -0.15) is 5.10 Å². The molecule has 0 atom stereocenters. The summed E-state index contributed by atoms with van der Waals surface area (Å²) in [6.07, 6.45) is 4.31. The maximum atomic E-state index is 12.3. The molecule has 0 aliphatic heterocycles. The quantitative estimate of drug-likeness (QED) is 0.665.